The lowest BCUT2D eigenvalue weighted by molar-refractivity contribution is -0.121. The highest BCUT2D eigenvalue weighted by molar-refractivity contribution is 7.89. The van der Waals surface area contributed by atoms with Crippen LogP contribution in [-0.4, -0.2) is 50.0 Å². The molecule has 0 aliphatic rings. The Bertz CT molecular complexity index is 1200. The Hall–Kier alpha value is -3.24. The van der Waals surface area contributed by atoms with Crippen molar-refractivity contribution >= 4 is 15.9 Å². The first-order chi connectivity index (χ1) is 15.2. The van der Waals surface area contributed by atoms with Gasteiger partial charge in [-0.05, 0) is 43.2 Å². The zero-order valence-electron chi connectivity index (χ0n) is 18.5. The number of nitrogens with zero attached hydrogens (tertiary/aromatic N) is 3. The zero-order chi connectivity index (χ0) is 23.3. The SMILES string of the molecule is COc1ccc(S(=O)(=O)N(C)C)cc1CCC(=O)NCc1nc(-c2cccc(C)c2)no1. The van der Waals surface area contributed by atoms with Crippen LogP contribution >= 0.6 is 0 Å². The van der Waals surface area contributed by atoms with Gasteiger partial charge < -0.3 is 14.6 Å². The number of amides is 1. The van der Waals surface area contributed by atoms with E-state index in [-0.39, 0.29) is 23.8 Å². The molecule has 10 heteroatoms. The molecule has 1 amide bonds. The summed E-state index contributed by atoms with van der Waals surface area (Å²) in [5, 5.41) is 6.70. The fourth-order valence-corrected chi connectivity index (χ4v) is 4.01. The van der Waals surface area contributed by atoms with E-state index in [1.54, 1.807) is 6.07 Å². The molecule has 1 N–H and O–H groups in total. The highest BCUT2D eigenvalue weighted by Gasteiger charge is 2.19. The molecule has 32 heavy (non-hydrogen) atoms. The number of ether oxygens (including phenoxy) is 1. The monoisotopic (exact) mass is 458 g/mol. The van der Waals surface area contributed by atoms with Gasteiger partial charge >= 0.3 is 0 Å². The zero-order valence-corrected chi connectivity index (χ0v) is 19.3. The molecule has 0 unspecified atom stereocenters. The van der Waals surface area contributed by atoms with Gasteiger partial charge in [0.25, 0.3) is 0 Å². The van der Waals surface area contributed by atoms with Crippen LogP contribution in [0.1, 0.15) is 23.4 Å². The van der Waals surface area contributed by atoms with E-state index in [4.69, 9.17) is 9.26 Å². The molecule has 0 saturated carbocycles. The molecule has 0 aliphatic heterocycles. The molecular formula is C22H26N4O5S. The third kappa shape index (κ3) is 5.51. The first-order valence-electron chi connectivity index (χ1n) is 9.96. The maximum absolute atomic E-state index is 12.4. The maximum atomic E-state index is 12.4. The molecule has 0 bridgehead atoms. The lowest BCUT2D eigenvalue weighted by Gasteiger charge is -2.14. The summed E-state index contributed by atoms with van der Waals surface area (Å²) in [4.78, 5) is 16.8. The summed E-state index contributed by atoms with van der Waals surface area (Å²) in [5.74, 6) is 1.05. The van der Waals surface area contributed by atoms with Crippen LogP contribution in [0.15, 0.2) is 51.9 Å². The largest absolute Gasteiger partial charge is 0.496 e. The van der Waals surface area contributed by atoms with Gasteiger partial charge in [0.15, 0.2) is 0 Å². The predicted octanol–water partition coefficient (Wildman–Crippen LogP) is 2.55. The quantitative estimate of drug-likeness (QED) is 0.524. The molecule has 0 atom stereocenters. The normalized spacial score (nSPS) is 11.5. The van der Waals surface area contributed by atoms with Crippen LogP contribution in [-0.2, 0) is 27.8 Å². The minimum atomic E-state index is -3.58. The molecular weight excluding hydrogens is 432 g/mol. The molecule has 0 aliphatic carbocycles. The molecule has 9 nitrogen and oxygen atoms in total. The molecule has 3 aromatic rings. The van der Waals surface area contributed by atoms with E-state index >= 15 is 0 Å². The lowest BCUT2D eigenvalue weighted by atomic mass is 10.1. The number of aryl methyl sites for hydroxylation is 2. The number of carbonyl (C=O) groups excluding carboxylic acids is 1. The van der Waals surface area contributed by atoms with Crippen LogP contribution in [0.4, 0.5) is 0 Å². The number of nitrogens with one attached hydrogen (secondary N) is 1. The third-order valence-corrected chi connectivity index (χ3v) is 6.64. The van der Waals surface area contributed by atoms with Crippen molar-refractivity contribution < 1.29 is 22.5 Å². The van der Waals surface area contributed by atoms with Crippen LogP contribution in [0, 0.1) is 6.92 Å². The second-order valence-electron chi connectivity index (χ2n) is 7.42. The highest BCUT2D eigenvalue weighted by atomic mass is 32.2. The van der Waals surface area contributed by atoms with Crippen LogP contribution < -0.4 is 10.1 Å². The average Bonchev–Trinajstić information content (AvgIpc) is 3.25. The summed E-state index contributed by atoms with van der Waals surface area (Å²) in [7, 11) is 0.851. The average molecular weight is 459 g/mol. The van der Waals surface area contributed by atoms with E-state index in [9.17, 15) is 13.2 Å². The van der Waals surface area contributed by atoms with Crippen molar-refractivity contribution in [3.05, 3.63) is 59.5 Å². The Morgan fingerprint density at radius 1 is 1.19 bits per heavy atom. The van der Waals surface area contributed by atoms with E-state index in [1.165, 1.54) is 33.3 Å². The third-order valence-electron chi connectivity index (χ3n) is 4.83. The number of hydrogen-bond donors (Lipinski definition) is 1. The molecule has 0 spiro atoms. The van der Waals surface area contributed by atoms with Gasteiger partial charge in [-0.1, -0.05) is 28.9 Å². The molecule has 2 aromatic carbocycles. The van der Waals surface area contributed by atoms with E-state index < -0.39 is 10.0 Å². The van der Waals surface area contributed by atoms with Crippen LogP contribution in [0.2, 0.25) is 0 Å². The molecule has 170 valence electrons. The number of rotatable bonds is 9. The van der Waals surface area contributed by atoms with E-state index in [2.05, 4.69) is 15.5 Å². The Balaban J connectivity index is 1.61. The number of aromatic nitrogens is 2. The van der Waals surface area contributed by atoms with Crippen molar-refractivity contribution in [2.24, 2.45) is 0 Å². The van der Waals surface area contributed by atoms with Crippen molar-refractivity contribution in [3.63, 3.8) is 0 Å². The van der Waals surface area contributed by atoms with E-state index in [0.29, 0.717) is 29.4 Å². The van der Waals surface area contributed by atoms with Crippen molar-refractivity contribution in [2.75, 3.05) is 21.2 Å². The molecule has 1 aromatic heterocycles. The van der Waals surface area contributed by atoms with Crippen molar-refractivity contribution in [1.29, 1.82) is 0 Å². The smallest absolute Gasteiger partial charge is 0.246 e. The molecule has 0 saturated heterocycles. The van der Waals surface area contributed by atoms with Gasteiger partial charge in [-0.3, -0.25) is 4.79 Å². The second-order valence-corrected chi connectivity index (χ2v) is 9.57. The minimum Gasteiger partial charge on any atom is -0.496 e. The van der Waals surface area contributed by atoms with E-state index in [0.717, 1.165) is 15.4 Å². The minimum absolute atomic E-state index is 0.101. The summed E-state index contributed by atoms with van der Waals surface area (Å²) < 4.78 is 36.4. The standard InChI is InChI=1S/C22H26N4O5S/c1-15-6-5-7-17(12-15)22-24-21(31-25-22)14-23-20(27)11-8-16-13-18(9-10-19(16)30-4)32(28,29)26(2)3/h5-7,9-10,12-13H,8,11,14H2,1-4H3,(H,23,27). The van der Waals surface area contributed by atoms with Crippen LogP contribution in [0.25, 0.3) is 11.4 Å². The Kier molecular flexibility index (Phi) is 7.26. The topological polar surface area (TPSA) is 115 Å². The van der Waals surface area contributed by atoms with Gasteiger partial charge in [0.2, 0.25) is 27.6 Å². The Morgan fingerprint density at radius 3 is 2.66 bits per heavy atom. The van der Waals surface area contributed by atoms with Crippen LogP contribution in [0.5, 0.6) is 5.75 Å². The predicted molar refractivity (Wildman–Crippen MR) is 119 cm³/mol. The van der Waals surface area contributed by atoms with Gasteiger partial charge in [-0.25, -0.2) is 12.7 Å². The molecule has 3 rings (SSSR count). The Morgan fingerprint density at radius 2 is 1.97 bits per heavy atom. The highest BCUT2D eigenvalue weighted by Crippen LogP contribution is 2.25. The van der Waals surface area contributed by atoms with Crippen molar-refractivity contribution in [3.8, 4) is 17.1 Å². The number of methoxy groups -OCH3 is 1. The first kappa shape index (κ1) is 23.4. The van der Waals surface area contributed by atoms with Gasteiger partial charge in [0, 0.05) is 26.1 Å². The number of benzene rings is 2. The number of hydrogen-bond acceptors (Lipinski definition) is 7. The maximum Gasteiger partial charge on any atom is 0.246 e. The number of carbonyl (C=O) groups is 1. The summed E-state index contributed by atoms with van der Waals surface area (Å²) in [5.41, 5.74) is 2.55. The van der Waals surface area contributed by atoms with Crippen LogP contribution in [0.3, 0.4) is 0 Å². The van der Waals surface area contributed by atoms with Gasteiger partial charge in [-0.2, -0.15) is 4.98 Å². The summed E-state index contributed by atoms with van der Waals surface area (Å²) >= 11 is 0. The summed E-state index contributed by atoms with van der Waals surface area (Å²) in [6, 6.07) is 12.3. The fourth-order valence-electron chi connectivity index (χ4n) is 3.06. The van der Waals surface area contributed by atoms with Gasteiger partial charge in [0.1, 0.15) is 5.75 Å². The molecule has 0 radical (unpaired) electrons. The van der Waals surface area contributed by atoms with Crippen molar-refractivity contribution in [1.82, 2.24) is 19.8 Å². The molecule has 0 fully saturated rings. The van der Waals surface area contributed by atoms with Crippen molar-refractivity contribution in [2.45, 2.75) is 31.2 Å². The summed E-state index contributed by atoms with van der Waals surface area (Å²) in [6.45, 7) is 2.08. The lowest BCUT2D eigenvalue weighted by Crippen LogP contribution is -2.24. The molecule has 1 heterocycles. The van der Waals surface area contributed by atoms with E-state index in [1.807, 2.05) is 31.2 Å². The first-order valence-corrected chi connectivity index (χ1v) is 11.4. The van der Waals surface area contributed by atoms with Gasteiger partial charge in [-0.15, -0.1) is 0 Å². The summed E-state index contributed by atoms with van der Waals surface area (Å²) in [6.07, 6.45) is 0.449. The fraction of sp³-hybridized carbons (Fsp3) is 0.318. The number of sulfonamides is 1. The Labute approximate surface area is 187 Å². The second kappa shape index (κ2) is 9.92. The van der Waals surface area contributed by atoms with Gasteiger partial charge in [0.05, 0.1) is 18.6 Å².